The first-order chi connectivity index (χ1) is 16.2. The molecule has 172 valence electrons. The number of halogens is 1. The molecule has 1 atom stereocenters. The molecule has 1 saturated carbocycles. The Bertz CT molecular complexity index is 1130. The minimum atomic E-state index is -0.220. The summed E-state index contributed by atoms with van der Waals surface area (Å²) in [5.41, 5.74) is 0.865. The maximum absolute atomic E-state index is 12.6. The van der Waals surface area contributed by atoms with E-state index in [9.17, 15) is 4.79 Å². The molecule has 33 heavy (non-hydrogen) atoms. The minimum absolute atomic E-state index is 0.0808. The average Bonchev–Trinajstić information content (AvgIpc) is 3.51. The molecule has 1 aliphatic carbocycles. The van der Waals surface area contributed by atoms with Gasteiger partial charge in [-0.3, -0.25) is 9.36 Å². The van der Waals surface area contributed by atoms with Crippen LogP contribution in [0.1, 0.15) is 31.7 Å². The zero-order valence-corrected chi connectivity index (χ0v) is 19.6. The topological polar surface area (TPSA) is 78.3 Å². The molecule has 2 aromatic carbocycles. The summed E-state index contributed by atoms with van der Waals surface area (Å²) in [7, 11) is 0. The molecule has 2 aliphatic rings. The van der Waals surface area contributed by atoms with Crippen LogP contribution in [0.25, 0.3) is 11.4 Å². The molecule has 3 aromatic rings. The van der Waals surface area contributed by atoms with E-state index in [1.807, 2.05) is 48.5 Å². The van der Waals surface area contributed by atoms with Gasteiger partial charge in [0.15, 0.2) is 22.5 Å². The van der Waals surface area contributed by atoms with Gasteiger partial charge in [0.25, 0.3) is 0 Å². The van der Waals surface area contributed by atoms with Crippen LogP contribution in [0.15, 0.2) is 53.7 Å². The molecule has 1 amide bonds. The molecule has 0 saturated heterocycles. The van der Waals surface area contributed by atoms with E-state index in [1.54, 1.807) is 0 Å². The van der Waals surface area contributed by atoms with Crippen molar-refractivity contribution in [3.8, 4) is 22.9 Å². The lowest BCUT2D eigenvalue weighted by atomic mass is 10.2. The Balaban J connectivity index is 1.22. The Morgan fingerprint density at radius 3 is 2.67 bits per heavy atom. The van der Waals surface area contributed by atoms with Gasteiger partial charge in [0.1, 0.15) is 12.7 Å². The Morgan fingerprint density at radius 1 is 1.09 bits per heavy atom. The smallest absolute Gasteiger partial charge is 0.230 e. The van der Waals surface area contributed by atoms with E-state index in [0.717, 1.165) is 35.1 Å². The standard InChI is InChI=1S/C24H25ClN4O3S/c25-19-10-4-3-9-18(19)23-27-28-24(29(23)16-7-1-2-8-16)33-15-22(30)26-13-17-14-31-20-11-5-6-12-21(20)32-17/h3-6,9-12,16-17H,1-2,7-8,13-15H2,(H,26,30). The first-order valence-corrected chi connectivity index (χ1v) is 12.5. The van der Waals surface area contributed by atoms with Gasteiger partial charge in [0.2, 0.25) is 5.91 Å². The number of carbonyl (C=O) groups is 1. The molecule has 2 heterocycles. The number of thioether (sulfide) groups is 1. The van der Waals surface area contributed by atoms with Crippen molar-refractivity contribution in [2.75, 3.05) is 18.9 Å². The second-order valence-corrected chi connectivity index (χ2v) is 9.53. The fourth-order valence-corrected chi connectivity index (χ4v) is 5.32. The van der Waals surface area contributed by atoms with Gasteiger partial charge in [-0.1, -0.05) is 60.5 Å². The number of benzene rings is 2. The van der Waals surface area contributed by atoms with Gasteiger partial charge in [-0.25, -0.2) is 0 Å². The molecule has 0 radical (unpaired) electrons. The predicted octanol–water partition coefficient (Wildman–Crippen LogP) is 4.76. The van der Waals surface area contributed by atoms with Gasteiger partial charge in [-0.05, 0) is 37.1 Å². The molecule has 7 nitrogen and oxygen atoms in total. The lowest BCUT2D eigenvalue weighted by Gasteiger charge is -2.26. The number of nitrogens with zero attached hydrogens (tertiary/aromatic N) is 3. The zero-order chi connectivity index (χ0) is 22.6. The Morgan fingerprint density at radius 2 is 1.85 bits per heavy atom. The second-order valence-electron chi connectivity index (χ2n) is 8.18. The summed E-state index contributed by atoms with van der Waals surface area (Å²) in [6, 6.07) is 15.5. The highest BCUT2D eigenvalue weighted by molar-refractivity contribution is 7.99. The van der Waals surface area contributed by atoms with Crippen molar-refractivity contribution in [2.45, 2.75) is 43.0 Å². The van der Waals surface area contributed by atoms with E-state index >= 15 is 0 Å². The summed E-state index contributed by atoms with van der Waals surface area (Å²) in [6.45, 7) is 0.787. The fourth-order valence-electron chi connectivity index (χ4n) is 4.27. The number of rotatable bonds is 7. The molecule has 1 aliphatic heterocycles. The van der Waals surface area contributed by atoms with Crippen molar-refractivity contribution in [2.24, 2.45) is 0 Å². The van der Waals surface area contributed by atoms with Crippen molar-refractivity contribution in [3.05, 3.63) is 53.6 Å². The number of carbonyl (C=O) groups excluding carboxylic acids is 1. The molecule has 1 fully saturated rings. The van der Waals surface area contributed by atoms with Crippen LogP contribution in [0, 0.1) is 0 Å². The van der Waals surface area contributed by atoms with Gasteiger partial charge in [0, 0.05) is 11.6 Å². The van der Waals surface area contributed by atoms with Crippen molar-refractivity contribution in [1.82, 2.24) is 20.1 Å². The third kappa shape index (κ3) is 4.96. The van der Waals surface area contributed by atoms with Gasteiger partial charge in [-0.15, -0.1) is 10.2 Å². The largest absolute Gasteiger partial charge is 0.486 e. The van der Waals surface area contributed by atoms with Crippen molar-refractivity contribution in [3.63, 3.8) is 0 Å². The monoisotopic (exact) mass is 484 g/mol. The van der Waals surface area contributed by atoms with E-state index in [1.165, 1.54) is 24.6 Å². The number of ether oxygens (including phenoxy) is 2. The Kier molecular flexibility index (Phi) is 6.73. The normalized spacial score (nSPS) is 17.8. The lowest BCUT2D eigenvalue weighted by Crippen LogP contribution is -2.41. The molecule has 0 spiro atoms. The van der Waals surface area contributed by atoms with Crippen LogP contribution in [0.3, 0.4) is 0 Å². The van der Waals surface area contributed by atoms with E-state index in [0.29, 0.717) is 30.0 Å². The number of hydrogen-bond acceptors (Lipinski definition) is 6. The quantitative estimate of drug-likeness (QED) is 0.487. The summed E-state index contributed by atoms with van der Waals surface area (Å²) in [6.07, 6.45) is 4.30. The van der Waals surface area contributed by atoms with Crippen LogP contribution >= 0.6 is 23.4 Å². The van der Waals surface area contributed by atoms with E-state index in [-0.39, 0.29) is 17.8 Å². The first kappa shape index (κ1) is 22.1. The molecular weight excluding hydrogens is 460 g/mol. The average molecular weight is 485 g/mol. The Hall–Kier alpha value is -2.71. The van der Waals surface area contributed by atoms with Gasteiger partial charge < -0.3 is 14.8 Å². The highest BCUT2D eigenvalue weighted by atomic mass is 35.5. The van der Waals surface area contributed by atoms with E-state index < -0.39 is 0 Å². The number of aromatic nitrogens is 3. The lowest BCUT2D eigenvalue weighted by molar-refractivity contribution is -0.119. The summed E-state index contributed by atoms with van der Waals surface area (Å²) in [5, 5.41) is 13.2. The molecule has 9 heteroatoms. The molecule has 0 bridgehead atoms. The zero-order valence-electron chi connectivity index (χ0n) is 18.1. The fraction of sp³-hybridized carbons (Fsp3) is 0.375. The van der Waals surface area contributed by atoms with Crippen molar-refractivity contribution in [1.29, 1.82) is 0 Å². The third-order valence-electron chi connectivity index (χ3n) is 5.90. The van der Waals surface area contributed by atoms with Crippen molar-refractivity contribution >= 4 is 29.3 Å². The van der Waals surface area contributed by atoms with Crippen LogP contribution in [0.4, 0.5) is 0 Å². The maximum Gasteiger partial charge on any atom is 0.230 e. The molecule has 1 N–H and O–H groups in total. The second kappa shape index (κ2) is 10.1. The number of fused-ring (bicyclic) bond motifs is 1. The number of hydrogen-bond donors (Lipinski definition) is 1. The van der Waals surface area contributed by atoms with Crippen LogP contribution in [0.2, 0.25) is 5.02 Å². The molecule has 5 rings (SSSR count). The van der Waals surface area contributed by atoms with Crippen LogP contribution in [-0.4, -0.2) is 45.7 Å². The number of para-hydroxylation sites is 2. The highest BCUT2D eigenvalue weighted by Crippen LogP contribution is 2.38. The predicted molar refractivity (Wildman–Crippen MR) is 128 cm³/mol. The van der Waals surface area contributed by atoms with Crippen molar-refractivity contribution < 1.29 is 14.3 Å². The van der Waals surface area contributed by atoms with Gasteiger partial charge >= 0.3 is 0 Å². The molecular formula is C24H25ClN4O3S. The summed E-state index contributed by atoms with van der Waals surface area (Å²) in [4.78, 5) is 12.6. The van der Waals surface area contributed by atoms with Crippen LogP contribution in [0.5, 0.6) is 11.5 Å². The SMILES string of the molecule is O=C(CSc1nnc(-c2ccccc2Cl)n1C1CCCC1)NCC1COc2ccccc2O1. The molecule has 1 unspecified atom stereocenters. The third-order valence-corrected chi connectivity index (χ3v) is 7.17. The number of nitrogens with one attached hydrogen (secondary N) is 1. The van der Waals surface area contributed by atoms with Gasteiger partial charge in [-0.2, -0.15) is 0 Å². The van der Waals surface area contributed by atoms with E-state index in [2.05, 4.69) is 20.1 Å². The molecule has 1 aromatic heterocycles. The summed E-state index contributed by atoms with van der Waals surface area (Å²) in [5.74, 6) is 2.37. The van der Waals surface area contributed by atoms with Gasteiger partial charge in [0.05, 0.1) is 17.3 Å². The number of amides is 1. The maximum atomic E-state index is 12.6. The van der Waals surface area contributed by atoms with Crippen LogP contribution in [-0.2, 0) is 4.79 Å². The minimum Gasteiger partial charge on any atom is -0.486 e. The first-order valence-electron chi connectivity index (χ1n) is 11.2. The van der Waals surface area contributed by atoms with E-state index in [4.69, 9.17) is 21.1 Å². The van der Waals surface area contributed by atoms with Crippen LogP contribution < -0.4 is 14.8 Å². The summed E-state index contributed by atoms with van der Waals surface area (Å²) < 4.78 is 13.8. The summed E-state index contributed by atoms with van der Waals surface area (Å²) >= 11 is 7.85. The Labute approximate surface area is 201 Å². The highest BCUT2D eigenvalue weighted by Gasteiger charge is 2.26.